The monoisotopic (exact) mass is 413 g/mol. The van der Waals surface area contributed by atoms with Crippen molar-refractivity contribution in [2.45, 2.75) is 0 Å². The van der Waals surface area contributed by atoms with Crippen LogP contribution in [0, 0.1) is 0 Å². The largest absolute Gasteiger partial charge is 0.493 e. The Labute approximate surface area is 166 Å². The zero-order chi connectivity index (χ0) is 20.0. The molecule has 0 fully saturated rings. The molecule has 0 aromatic heterocycles. The maximum absolute atomic E-state index is 12.1. The van der Waals surface area contributed by atoms with Gasteiger partial charge in [0.25, 0.3) is 5.91 Å². The number of halogens is 2. The molecule has 144 valence electrons. The topological polar surface area (TPSA) is 83.1 Å². The zero-order valence-electron chi connectivity index (χ0n) is 14.8. The molecule has 0 atom stereocenters. The van der Waals surface area contributed by atoms with E-state index in [4.69, 9.17) is 42.1 Å². The van der Waals surface area contributed by atoms with Crippen LogP contribution in [0.4, 0.5) is 5.69 Å². The maximum atomic E-state index is 12.1. The molecule has 2 rings (SSSR count). The van der Waals surface area contributed by atoms with Crippen molar-refractivity contribution in [2.75, 3.05) is 33.3 Å². The van der Waals surface area contributed by atoms with Crippen molar-refractivity contribution in [3.05, 3.63) is 45.9 Å². The number of rotatable bonds is 7. The molecular weight excluding hydrogens is 397 g/mol. The van der Waals surface area contributed by atoms with Gasteiger partial charge in [0.15, 0.2) is 18.1 Å². The number of anilines is 1. The van der Waals surface area contributed by atoms with Gasteiger partial charge in [-0.25, -0.2) is 4.79 Å². The Kier molecular flexibility index (Phi) is 7.15. The van der Waals surface area contributed by atoms with Crippen LogP contribution >= 0.6 is 23.2 Å². The van der Waals surface area contributed by atoms with Crippen LogP contribution in [-0.2, 0) is 9.53 Å². The molecule has 2 aromatic carbocycles. The molecule has 1 amide bonds. The van der Waals surface area contributed by atoms with Gasteiger partial charge in [-0.3, -0.25) is 4.79 Å². The highest BCUT2D eigenvalue weighted by atomic mass is 35.5. The van der Waals surface area contributed by atoms with Crippen molar-refractivity contribution in [1.82, 2.24) is 0 Å². The van der Waals surface area contributed by atoms with E-state index in [0.717, 1.165) is 0 Å². The van der Waals surface area contributed by atoms with E-state index >= 15 is 0 Å². The molecule has 0 bridgehead atoms. The van der Waals surface area contributed by atoms with Crippen LogP contribution in [0.1, 0.15) is 10.4 Å². The molecule has 0 aliphatic heterocycles. The van der Waals surface area contributed by atoms with Crippen LogP contribution in [0.5, 0.6) is 17.2 Å². The first-order valence-corrected chi connectivity index (χ1v) is 8.37. The Balaban J connectivity index is 2.05. The van der Waals surface area contributed by atoms with E-state index < -0.39 is 18.5 Å². The highest BCUT2D eigenvalue weighted by molar-refractivity contribution is 6.35. The van der Waals surface area contributed by atoms with Crippen molar-refractivity contribution >= 4 is 40.8 Å². The van der Waals surface area contributed by atoms with Crippen LogP contribution in [0.15, 0.2) is 30.3 Å². The number of esters is 1. The molecule has 0 spiro atoms. The lowest BCUT2D eigenvalue weighted by Crippen LogP contribution is -2.21. The normalized spacial score (nSPS) is 10.1. The third-order valence-electron chi connectivity index (χ3n) is 3.43. The number of carbonyl (C=O) groups is 2. The van der Waals surface area contributed by atoms with Crippen molar-refractivity contribution in [3.8, 4) is 17.2 Å². The van der Waals surface area contributed by atoms with Crippen molar-refractivity contribution in [2.24, 2.45) is 0 Å². The second kappa shape index (κ2) is 9.34. The Morgan fingerprint density at radius 1 is 0.963 bits per heavy atom. The summed E-state index contributed by atoms with van der Waals surface area (Å²) in [5, 5.41) is 3.09. The molecule has 0 saturated heterocycles. The van der Waals surface area contributed by atoms with E-state index in [1.807, 2.05) is 0 Å². The summed E-state index contributed by atoms with van der Waals surface area (Å²) < 4.78 is 20.6. The van der Waals surface area contributed by atoms with Gasteiger partial charge in [-0.2, -0.15) is 0 Å². The predicted molar refractivity (Wildman–Crippen MR) is 101 cm³/mol. The minimum absolute atomic E-state index is 0.0738. The predicted octanol–water partition coefficient (Wildman–Crippen LogP) is 3.81. The summed E-state index contributed by atoms with van der Waals surface area (Å²) >= 11 is 11.8. The number of methoxy groups -OCH3 is 3. The quantitative estimate of drug-likeness (QED) is 0.694. The number of nitrogens with one attached hydrogen (secondary N) is 1. The molecule has 0 radical (unpaired) electrons. The molecule has 27 heavy (non-hydrogen) atoms. The minimum Gasteiger partial charge on any atom is -0.493 e. The van der Waals surface area contributed by atoms with Gasteiger partial charge in [0.1, 0.15) is 0 Å². The van der Waals surface area contributed by atoms with Gasteiger partial charge in [-0.05, 0) is 18.2 Å². The number of hydrogen-bond donors (Lipinski definition) is 1. The lowest BCUT2D eigenvalue weighted by atomic mass is 10.2. The minimum atomic E-state index is -0.762. The van der Waals surface area contributed by atoms with E-state index in [-0.39, 0.29) is 10.6 Å². The van der Waals surface area contributed by atoms with E-state index in [0.29, 0.717) is 28.0 Å². The Hall–Kier alpha value is -2.64. The van der Waals surface area contributed by atoms with E-state index in [9.17, 15) is 9.59 Å². The number of amides is 1. The number of ether oxygens (including phenoxy) is 4. The van der Waals surface area contributed by atoms with Crippen LogP contribution in [0.25, 0.3) is 0 Å². The highest BCUT2D eigenvalue weighted by Crippen LogP contribution is 2.39. The summed E-state index contributed by atoms with van der Waals surface area (Å²) in [7, 11) is 4.39. The first kappa shape index (κ1) is 20.7. The van der Waals surface area contributed by atoms with Gasteiger partial charge in [0, 0.05) is 22.8 Å². The first-order chi connectivity index (χ1) is 12.9. The fourth-order valence-electron chi connectivity index (χ4n) is 2.21. The molecule has 0 unspecified atom stereocenters. The molecular formula is C18H17Cl2NO6. The van der Waals surface area contributed by atoms with Crippen LogP contribution < -0.4 is 19.5 Å². The SMILES string of the molecule is COc1cc(NC(=O)COC(=O)c2cc(Cl)ccc2Cl)cc(OC)c1OC. The lowest BCUT2D eigenvalue weighted by Gasteiger charge is -2.14. The number of carbonyl (C=O) groups excluding carboxylic acids is 2. The van der Waals surface area contributed by atoms with Gasteiger partial charge in [0.2, 0.25) is 5.75 Å². The summed E-state index contributed by atoms with van der Waals surface area (Å²) in [6.07, 6.45) is 0. The first-order valence-electron chi connectivity index (χ1n) is 7.61. The van der Waals surface area contributed by atoms with Crippen LogP contribution in [0.2, 0.25) is 10.0 Å². The standard InChI is InChI=1S/C18H17Cl2NO6/c1-24-14-7-11(8-15(25-2)17(14)26-3)21-16(22)9-27-18(23)12-6-10(19)4-5-13(12)20/h4-8H,9H2,1-3H3,(H,21,22). The van der Waals surface area contributed by atoms with Crippen molar-refractivity contribution < 1.29 is 28.5 Å². The second-order valence-corrected chi connectivity index (χ2v) is 6.01. The lowest BCUT2D eigenvalue weighted by molar-refractivity contribution is -0.119. The molecule has 7 nitrogen and oxygen atoms in total. The summed E-state index contributed by atoms with van der Waals surface area (Å²) in [5.74, 6) is -0.192. The Morgan fingerprint density at radius 3 is 2.15 bits per heavy atom. The van der Waals surface area contributed by atoms with Crippen LogP contribution in [-0.4, -0.2) is 39.8 Å². The van der Waals surface area contributed by atoms with Gasteiger partial charge in [0.05, 0.1) is 31.9 Å². The third-order valence-corrected chi connectivity index (χ3v) is 4.00. The van der Waals surface area contributed by atoms with E-state index in [1.54, 1.807) is 12.1 Å². The highest BCUT2D eigenvalue weighted by Gasteiger charge is 2.17. The number of benzene rings is 2. The van der Waals surface area contributed by atoms with Gasteiger partial charge < -0.3 is 24.3 Å². The molecule has 0 aliphatic rings. The van der Waals surface area contributed by atoms with Crippen molar-refractivity contribution in [3.63, 3.8) is 0 Å². The van der Waals surface area contributed by atoms with Crippen LogP contribution in [0.3, 0.4) is 0 Å². The third kappa shape index (κ3) is 5.18. The summed E-state index contributed by atoms with van der Waals surface area (Å²) in [6.45, 7) is -0.516. The molecule has 1 N–H and O–H groups in total. The van der Waals surface area contributed by atoms with Crippen molar-refractivity contribution in [1.29, 1.82) is 0 Å². The molecule has 0 aliphatic carbocycles. The van der Waals surface area contributed by atoms with Gasteiger partial charge in [-0.1, -0.05) is 23.2 Å². The van der Waals surface area contributed by atoms with Gasteiger partial charge >= 0.3 is 5.97 Å². The smallest absolute Gasteiger partial charge is 0.340 e. The Morgan fingerprint density at radius 2 is 1.59 bits per heavy atom. The molecule has 0 saturated carbocycles. The fourth-order valence-corrected chi connectivity index (χ4v) is 2.58. The second-order valence-electron chi connectivity index (χ2n) is 5.16. The maximum Gasteiger partial charge on any atom is 0.340 e. The molecule has 9 heteroatoms. The van der Waals surface area contributed by atoms with Gasteiger partial charge in [-0.15, -0.1) is 0 Å². The summed E-state index contributed by atoms with van der Waals surface area (Å²) in [5.41, 5.74) is 0.455. The average molecular weight is 414 g/mol. The number of hydrogen-bond acceptors (Lipinski definition) is 6. The summed E-state index contributed by atoms with van der Waals surface area (Å²) in [6, 6.07) is 7.47. The van der Waals surface area contributed by atoms with E-state index in [2.05, 4.69) is 5.32 Å². The van der Waals surface area contributed by atoms with E-state index in [1.165, 1.54) is 39.5 Å². The zero-order valence-corrected chi connectivity index (χ0v) is 16.3. The Bertz CT molecular complexity index is 831. The summed E-state index contributed by atoms with van der Waals surface area (Å²) in [4.78, 5) is 24.2. The molecule has 2 aromatic rings. The molecule has 0 heterocycles. The average Bonchev–Trinajstić information content (AvgIpc) is 2.67. The fraction of sp³-hybridized carbons (Fsp3) is 0.222.